The van der Waals surface area contributed by atoms with Crippen LogP contribution in [0.25, 0.3) is 11.1 Å². The molecule has 184 valence electrons. The van der Waals surface area contributed by atoms with Crippen LogP contribution in [0.1, 0.15) is 22.3 Å². The maximum Gasteiger partial charge on any atom is 0.416 e. The van der Waals surface area contributed by atoms with Gasteiger partial charge in [0.15, 0.2) is 0 Å². The molecule has 4 rings (SSSR count). The maximum absolute atomic E-state index is 13.2. The van der Waals surface area contributed by atoms with Gasteiger partial charge >= 0.3 is 12.2 Å². The zero-order valence-electron chi connectivity index (χ0n) is 19.4. The van der Waals surface area contributed by atoms with Crippen LogP contribution in [-0.2, 0) is 25.8 Å². The van der Waals surface area contributed by atoms with E-state index < -0.39 is 17.8 Å². The summed E-state index contributed by atoms with van der Waals surface area (Å²) in [5.74, 6) is 0. The van der Waals surface area contributed by atoms with Gasteiger partial charge in [0.2, 0.25) is 0 Å². The number of hydrogen-bond acceptors (Lipinski definition) is 3. The van der Waals surface area contributed by atoms with Crippen LogP contribution >= 0.6 is 0 Å². The summed E-state index contributed by atoms with van der Waals surface area (Å²) in [6, 6.07) is 23.4. The Labute approximate surface area is 207 Å². The van der Waals surface area contributed by atoms with Gasteiger partial charge < -0.3 is 16.0 Å². The van der Waals surface area contributed by atoms with Gasteiger partial charge in [-0.3, -0.25) is 4.98 Å². The summed E-state index contributed by atoms with van der Waals surface area (Å²) in [5, 5.41) is 2.71. The molecule has 3 N–H and O–H groups in total. The van der Waals surface area contributed by atoms with Crippen molar-refractivity contribution in [2.75, 3.05) is 5.32 Å². The Balaban J connectivity index is 1.56. The Kier molecular flexibility index (Phi) is 7.65. The first kappa shape index (κ1) is 24.9. The number of aromatic nitrogens is 1. The highest BCUT2D eigenvalue weighted by Crippen LogP contribution is 2.30. The second kappa shape index (κ2) is 11.0. The standard InChI is InChI=1S/C28H25F3N4O/c29-28(30,31)25-9-11-26(12-10-25)34-27(36)35(19-22-6-3-13-33-17-22)18-21-5-2-8-24(15-21)23-7-1-4-20(14-23)16-32/h1-15,17H,16,18-19,32H2,(H,34,36). The number of amides is 2. The largest absolute Gasteiger partial charge is 0.416 e. The summed E-state index contributed by atoms with van der Waals surface area (Å²) >= 11 is 0. The van der Waals surface area contributed by atoms with Gasteiger partial charge in [0, 0.05) is 37.7 Å². The number of alkyl halides is 3. The summed E-state index contributed by atoms with van der Waals surface area (Å²) in [4.78, 5) is 18.9. The molecule has 0 spiro atoms. The molecule has 2 amide bonds. The van der Waals surface area contributed by atoms with Crippen LogP contribution < -0.4 is 11.1 Å². The zero-order chi connectivity index (χ0) is 25.5. The van der Waals surface area contributed by atoms with Gasteiger partial charge in [0.1, 0.15) is 0 Å². The van der Waals surface area contributed by atoms with Crippen molar-refractivity contribution >= 4 is 11.7 Å². The lowest BCUT2D eigenvalue weighted by molar-refractivity contribution is -0.137. The number of benzene rings is 3. The van der Waals surface area contributed by atoms with Crippen molar-refractivity contribution in [1.29, 1.82) is 0 Å². The Morgan fingerprint density at radius 3 is 2.06 bits per heavy atom. The van der Waals surface area contributed by atoms with E-state index in [1.54, 1.807) is 23.4 Å². The molecule has 0 aliphatic heterocycles. The monoisotopic (exact) mass is 490 g/mol. The van der Waals surface area contributed by atoms with Crippen LogP contribution in [-0.4, -0.2) is 15.9 Å². The fraction of sp³-hybridized carbons (Fsp3) is 0.143. The lowest BCUT2D eigenvalue weighted by atomic mass is 10.0. The van der Waals surface area contributed by atoms with Crippen LogP contribution in [0, 0.1) is 0 Å². The molecular formula is C28H25F3N4O. The average molecular weight is 491 g/mol. The van der Waals surface area contributed by atoms with Crippen LogP contribution in [0.5, 0.6) is 0 Å². The topological polar surface area (TPSA) is 71.2 Å². The molecule has 0 aliphatic carbocycles. The quantitative estimate of drug-likeness (QED) is 0.312. The molecule has 0 saturated carbocycles. The molecule has 4 aromatic rings. The molecule has 0 atom stereocenters. The number of nitrogens with two attached hydrogens (primary N) is 1. The molecular weight excluding hydrogens is 465 g/mol. The van der Waals surface area contributed by atoms with Gasteiger partial charge in [0.25, 0.3) is 0 Å². The fourth-order valence-corrected chi connectivity index (χ4v) is 3.80. The molecule has 0 bridgehead atoms. The normalized spacial score (nSPS) is 11.2. The third-order valence-corrected chi connectivity index (χ3v) is 5.64. The first-order chi connectivity index (χ1) is 17.3. The number of rotatable bonds is 7. The molecule has 0 fully saturated rings. The van der Waals surface area contributed by atoms with Crippen molar-refractivity contribution in [1.82, 2.24) is 9.88 Å². The van der Waals surface area contributed by atoms with E-state index in [0.29, 0.717) is 6.54 Å². The Morgan fingerprint density at radius 1 is 0.833 bits per heavy atom. The third kappa shape index (κ3) is 6.49. The highest BCUT2D eigenvalue weighted by atomic mass is 19.4. The van der Waals surface area contributed by atoms with E-state index in [9.17, 15) is 18.0 Å². The number of anilines is 1. The Hall–Kier alpha value is -4.17. The van der Waals surface area contributed by atoms with Crippen LogP contribution in [0.2, 0.25) is 0 Å². The minimum Gasteiger partial charge on any atom is -0.326 e. The second-order valence-electron chi connectivity index (χ2n) is 8.33. The highest BCUT2D eigenvalue weighted by molar-refractivity contribution is 5.89. The molecule has 3 aromatic carbocycles. The van der Waals surface area contributed by atoms with Crippen molar-refractivity contribution in [3.05, 3.63) is 120 Å². The summed E-state index contributed by atoms with van der Waals surface area (Å²) in [7, 11) is 0. The number of carbonyl (C=O) groups excluding carboxylic acids is 1. The first-order valence-electron chi connectivity index (χ1n) is 11.3. The Bertz CT molecular complexity index is 1310. The zero-order valence-corrected chi connectivity index (χ0v) is 19.4. The van der Waals surface area contributed by atoms with Crippen molar-refractivity contribution in [2.45, 2.75) is 25.8 Å². The summed E-state index contributed by atoms with van der Waals surface area (Å²) in [6.07, 6.45) is -1.12. The molecule has 0 aliphatic rings. The maximum atomic E-state index is 13.2. The van der Waals surface area contributed by atoms with Gasteiger partial charge in [-0.2, -0.15) is 13.2 Å². The number of nitrogens with zero attached hydrogens (tertiary/aromatic N) is 2. The van der Waals surface area contributed by atoms with E-state index in [0.717, 1.165) is 39.9 Å². The SMILES string of the molecule is NCc1cccc(-c2cccc(CN(Cc3cccnc3)C(=O)Nc3ccc(C(F)(F)F)cc3)c2)c1. The van der Waals surface area contributed by atoms with E-state index in [2.05, 4.69) is 10.3 Å². The Morgan fingerprint density at radius 2 is 1.44 bits per heavy atom. The van der Waals surface area contributed by atoms with E-state index >= 15 is 0 Å². The number of hydrogen-bond donors (Lipinski definition) is 2. The smallest absolute Gasteiger partial charge is 0.326 e. The average Bonchev–Trinajstić information content (AvgIpc) is 2.89. The summed E-state index contributed by atoms with van der Waals surface area (Å²) < 4.78 is 38.7. The second-order valence-corrected chi connectivity index (χ2v) is 8.33. The molecule has 0 unspecified atom stereocenters. The fourth-order valence-electron chi connectivity index (χ4n) is 3.80. The van der Waals surface area contributed by atoms with Crippen molar-refractivity contribution < 1.29 is 18.0 Å². The molecule has 0 saturated heterocycles. The van der Waals surface area contributed by atoms with Crippen molar-refractivity contribution in [3.8, 4) is 11.1 Å². The van der Waals surface area contributed by atoms with E-state index in [1.807, 2.05) is 54.6 Å². The van der Waals surface area contributed by atoms with E-state index in [-0.39, 0.29) is 18.8 Å². The molecule has 8 heteroatoms. The number of urea groups is 1. The highest BCUT2D eigenvalue weighted by Gasteiger charge is 2.30. The molecule has 1 heterocycles. The molecule has 0 radical (unpaired) electrons. The summed E-state index contributed by atoms with van der Waals surface area (Å²) in [5.41, 5.74) is 10.0. The van der Waals surface area contributed by atoms with Gasteiger partial charge in [0.05, 0.1) is 5.56 Å². The lowest BCUT2D eigenvalue weighted by Gasteiger charge is -2.24. The predicted molar refractivity (Wildman–Crippen MR) is 134 cm³/mol. The molecule has 5 nitrogen and oxygen atoms in total. The van der Waals surface area contributed by atoms with E-state index in [4.69, 9.17) is 5.73 Å². The third-order valence-electron chi connectivity index (χ3n) is 5.64. The van der Waals surface area contributed by atoms with Crippen LogP contribution in [0.3, 0.4) is 0 Å². The minimum atomic E-state index is -4.44. The van der Waals surface area contributed by atoms with Crippen molar-refractivity contribution in [2.24, 2.45) is 5.73 Å². The number of halogens is 3. The summed E-state index contributed by atoms with van der Waals surface area (Å²) in [6.45, 7) is 0.996. The number of carbonyl (C=O) groups is 1. The van der Waals surface area contributed by atoms with Crippen LogP contribution in [0.4, 0.5) is 23.7 Å². The number of pyridine rings is 1. The number of nitrogens with one attached hydrogen (secondary N) is 1. The van der Waals surface area contributed by atoms with E-state index in [1.165, 1.54) is 12.1 Å². The van der Waals surface area contributed by atoms with Gasteiger partial charge in [-0.05, 0) is 70.3 Å². The van der Waals surface area contributed by atoms with Gasteiger partial charge in [-0.25, -0.2) is 4.79 Å². The lowest BCUT2D eigenvalue weighted by Crippen LogP contribution is -2.34. The predicted octanol–water partition coefficient (Wildman–Crippen LogP) is 6.46. The minimum absolute atomic E-state index is 0.271. The van der Waals surface area contributed by atoms with Crippen molar-refractivity contribution in [3.63, 3.8) is 0 Å². The molecule has 1 aromatic heterocycles. The molecule has 36 heavy (non-hydrogen) atoms. The van der Waals surface area contributed by atoms with Gasteiger partial charge in [-0.1, -0.05) is 42.5 Å². The first-order valence-corrected chi connectivity index (χ1v) is 11.3. The van der Waals surface area contributed by atoms with Gasteiger partial charge in [-0.15, -0.1) is 0 Å². The van der Waals surface area contributed by atoms with Crippen LogP contribution in [0.15, 0.2) is 97.3 Å².